The number of aromatic nitrogens is 2. The fourth-order valence-corrected chi connectivity index (χ4v) is 5.19. The average molecular weight is 455 g/mol. The number of thiazole rings is 2. The van der Waals surface area contributed by atoms with E-state index in [4.69, 9.17) is 0 Å². The zero-order chi connectivity index (χ0) is 22.2. The van der Waals surface area contributed by atoms with E-state index in [2.05, 4.69) is 66.2 Å². The second kappa shape index (κ2) is 11.1. The molecule has 0 radical (unpaired) electrons. The molecule has 3 aromatic rings. The molecule has 2 aromatic heterocycles. The molecule has 1 atom stereocenters. The fraction of sp³-hybridized carbons (Fsp3) is 0.333. The number of nitrogens with zero attached hydrogens (tertiary/aromatic N) is 1. The van der Waals surface area contributed by atoms with E-state index in [1.54, 1.807) is 17.5 Å². The summed E-state index contributed by atoms with van der Waals surface area (Å²) in [6, 6.07) is 6.04. The molecule has 1 unspecified atom stereocenters. The minimum Gasteiger partial charge on any atom is -0.366 e. The Morgan fingerprint density at radius 3 is 2.97 bits per heavy atom. The van der Waals surface area contributed by atoms with Gasteiger partial charge in [0.15, 0.2) is 5.13 Å². The summed E-state index contributed by atoms with van der Waals surface area (Å²) < 4.78 is 0.974. The predicted octanol–water partition coefficient (Wildman–Crippen LogP) is 6.51. The van der Waals surface area contributed by atoms with Crippen LogP contribution in [-0.2, 0) is 0 Å². The Labute approximate surface area is 191 Å². The maximum atomic E-state index is 11.5. The maximum Gasteiger partial charge on any atom is 0.305 e. The van der Waals surface area contributed by atoms with E-state index in [-0.39, 0.29) is 4.87 Å². The van der Waals surface area contributed by atoms with Gasteiger partial charge in [0.1, 0.15) is 0 Å². The first-order valence-corrected chi connectivity index (χ1v) is 12.2. The number of nitrogens with one attached hydrogen (secondary N) is 3. The SMILES string of the molecule is C=CN/C(C)=C(/C/C=C\C)C(C)CCCNc1ncc(-c2ccc3[nH]c(=O)sc3c2)s1. The van der Waals surface area contributed by atoms with Crippen LogP contribution in [0.3, 0.4) is 0 Å². The summed E-state index contributed by atoms with van der Waals surface area (Å²) in [5.41, 5.74) is 4.60. The lowest BCUT2D eigenvalue weighted by atomic mass is 9.91. The molecule has 0 aliphatic rings. The smallest absolute Gasteiger partial charge is 0.305 e. The molecule has 0 aliphatic carbocycles. The molecule has 0 saturated carbocycles. The lowest BCUT2D eigenvalue weighted by Gasteiger charge is -2.18. The second-order valence-electron chi connectivity index (χ2n) is 7.50. The van der Waals surface area contributed by atoms with Gasteiger partial charge >= 0.3 is 4.87 Å². The normalized spacial score (nSPS) is 13.4. The van der Waals surface area contributed by atoms with Gasteiger partial charge in [-0.15, -0.1) is 0 Å². The highest BCUT2D eigenvalue weighted by atomic mass is 32.1. The van der Waals surface area contributed by atoms with Crippen LogP contribution in [0.1, 0.15) is 40.0 Å². The quantitative estimate of drug-likeness (QED) is 0.228. The third-order valence-corrected chi connectivity index (χ3v) is 7.12. The van der Waals surface area contributed by atoms with E-state index in [0.717, 1.165) is 51.6 Å². The number of anilines is 1. The summed E-state index contributed by atoms with van der Waals surface area (Å²) in [7, 11) is 0. The molecule has 31 heavy (non-hydrogen) atoms. The summed E-state index contributed by atoms with van der Waals surface area (Å²) in [6.07, 6.45) is 11.1. The van der Waals surface area contributed by atoms with E-state index in [0.29, 0.717) is 5.92 Å². The second-order valence-corrected chi connectivity index (χ2v) is 9.54. The summed E-state index contributed by atoms with van der Waals surface area (Å²) in [4.78, 5) is 20.0. The van der Waals surface area contributed by atoms with Crippen molar-refractivity contribution in [1.29, 1.82) is 0 Å². The molecule has 3 N–H and O–H groups in total. The van der Waals surface area contributed by atoms with Crippen LogP contribution in [0.25, 0.3) is 20.7 Å². The standard InChI is InChI=1S/C24H30N4OS2/c1-5-7-10-19(17(4)25-6-2)16(3)9-8-13-26-23-27-15-22(30-23)18-11-12-20-21(14-18)31-24(29)28-20/h5-7,11-12,14-16,25H,2,8-10,13H2,1,3-4H3,(H,26,27)(H,28,29)/b7-5-,19-17-. The van der Waals surface area contributed by atoms with E-state index >= 15 is 0 Å². The number of hydrogen-bond acceptors (Lipinski definition) is 6. The summed E-state index contributed by atoms with van der Waals surface area (Å²) in [5, 5.41) is 7.64. The minimum absolute atomic E-state index is 0.0211. The van der Waals surface area contributed by atoms with Gasteiger partial charge in [-0.3, -0.25) is 4.79 Å². The number of allylic oxidation sites excluding steroid dienone is 4. The van der Waals surface area contributed by atoms with Gasteiger partial charge in [-0.05, 0) is 68.5 Å². The van der Waals surface area contributed by atoms with Crippen LogP contribution in [0.15, 0.2) is 65.4 Å². The Bertz CT molecular complexity index is 1140. The van der Waals surface area contributed by atoms with Gasteiger partial charge in [0, 0.05) is 18.4 Å². The van der Waals surface area contributed by atoms with E-state index in [1.165, 1.54) is 22.6 Å². The fourth-order valence-electron chi connectivity index (χ4n) is 3.58. The molecule has 5 nitrogen and oxygen atoms in total. The van der Waals surface area contributed by atoms with Crippen LogP contribution in [0.5, 0.6) is 0 Å². The zero-order valence-corrected chi connectivity index (χ0v) is 20.0. The van der Waals surface area contributed by atoms with Crippen molar-refractivity contribution in [2.45, 2.75) is 40.0 Å². The molecule has 0 amide bonds. The first-order valence-electron chi connectivity index (χ1n) is 10.5. The Morgan fingerprint density at radius 1 is 1.35 bits per heavy atom. The highest BCUT2D eigenvalue weighted by Gasteiger charge is 2.11. The number of aromatic amines is 1. The zero-order valence-electron chi connectivity index (χ0n) is 18.3. The van der Waals surface area contributed by atoms with Crippen LogP contribution in [0, 0.1) is 5.92 Å². The van der Waals surface area contributed by atoms with E-state index < -0.39 is 0 Å². The van der Waals surface area contributed by atoms with Crippen molar-refractivity contribution in [3.05, 3.63) is 70.3 Å². The number of H-pyrrole nitrogens is 1. The van der Waals surface area contributed by atoms with E-state index in [1.807, 2.05) is 18.3 Å². The van der Waals surface area contributed by atoms with Crippen LogP contribution in [0.2, 0.25) is 0 Å². The molecule has 0 spiro atoms. The van der Waals surface area contributed by atoms with Crippen molar-refractivity contribution >= 4 is 38.0 Å². The molecular formula is C24H30N4OS2. The Morgan fingerprint density at radius 2 is 2.19 bits per heavy atom. The van der Waals surface area contributed by atoms with Gasteiger partial charge in [0.05, 0.1) is 15.1 Å². The van der Waals surface area contributed by atoms with Gasteiger partial charge in [0.25, 0.3) is 0 Å². The largest absolute Gasteiger partial charge is 0.366 e. The molecule has 0 aliphatic heterocycles. The first-order chi connectivity index (χ1) is 15.0. The Balaban J connectivity index is 1.54. The third-order valence-electron chi connectivity index (χ3n) is 5.27. The lowest BCUT2D eigenvalue weighted by molar-refractivity contribution is 0.573. The average Bonchev–Trinajstić information content (AvgIpc) is 3.36. The molecule has 7 heteroatoms. The number of fused-ring (bicyclic) bond motifs is 1. The van der Waals surface area contributed by atoms with Gasteiger partial charge in [-0.2, -0.15) is 0 Å². The van der Waals surface area contributed by atoms with Gasteiger partial charge < -0.3 is 15.6 Å². The van der Waals surface area contributed by atoms with Crippen molar-refractivity contribution in [1.82, 2.24) is 15.3 Å². The molecule has 0 saturated heterocycles. The molecule has 1 aromatic carbocycles. The lowest BCUT2D eigenvalue weighted by Crippen LogP contribution is -2.11. The van der Waals surface area contributed by atoms with Crippen molar-refractivity contribution < 1.29 is 0 Å². The highest BCUT2D eigenvalue weighted by Crippen LogP contribution is 2.31. The molecule has 164 valence electrons. The predicted molar refractivity (Wildman–Crippen MR) is 136 cm³/mol. The van der Waals surface area contributed by atoms with Crippen molar-refractivity contribution in [3.63, 3.8) is 0 Å². The molecule has 2 heterocycles. The van der Waals surface area contributed by atoms with Gasteiger partial charge in [0.2, 0.25) is 0 Å². The summed E-state index contributed by atoms with van der Waals surface area (Å²) in [6.45, 7) is 11.1. The van der Waals surface area contributed by atoms with Crippen LogP contribution >= 0.6 is 22.7 Å². The first kappa shape index (κ1) is 23.0. The number of benzene rings is 1. The number of hydrogen-bond donors (Lipinski definition) is 3. The monoisotopic (exact) mass is 454 g/mol. The van der Waals surface area contributed by atoms with E-state index in [9.17, 15) is 4.79 Å². The molecular weight excluding hydrogens is 424 g/mol. The summed E-state index contributed by atoms with van der Waals surface area (Å²) in [5.74, 6) is 0.498. The molecule has 3 rings (SSSR count). The topological polar surface area (TPSA) is 69.8 Å². The van der Waals surface area contributed by atoms with Gasteiger partial charge in [-0.25, -0.2) is 4.98 Å². The Hall–Kier alpha value is -2.64. The minimum atomic E-state index is -0.0211. The molecule has 0 fully saturated rings. The molecule has 0 bridgehead atoms. The van der Waals surface area contributed by atoms with Crippen molar-refractivity contribution in [2.24, 2.45) is 5.92 Å². The van der Waals surface area contributed by atoms with Crippen molar-refractivity contribution in [3.8, 4) is 10.4 Å². The maximum absolute atomic E-state index is 11.5. The number of rotatable bonds is 11. The van der Waals surface area contributed by atoms with Crippen LogP contribution in [-0.4, -0.2) is 16.5 Å². The third kappa shape index (κ3) is 6.18. The highest BCUT2D eigenvalue weighted by molar-refractivity contribution is 7.19. The Kier molecular flexibility index (Phi) is 8.26. The van der Waals surface area contributed by atoms with Crippen LogP contribution in [0.4, 0.5) is 5.13 Å². The van der Waals surface area contributed by atoms with Crippen molar-refractivity contribution in [2.75, 3.05) is 11.9 Å². The van der Waals surface area contributed by atoms with Crippen LogP contribution < -0.4 is 15.5 Å². The van der Waals surface area contributed by atoms with Gasteiger partial charge in [-0.1, -0.05) is 54.4 Å². The summed E-state index contributed by atoms with van der Waals surface area (Å²) >= 11 is 2.88.